The average Bonchev–Trinajstić information content (AvgIpc) is 2.95. The highest BCUT2D eigenvalue weighted by Crippen LogP contribution is 2.28. The van der Waals surface area contributed by atoms with Crippen LogP contribution in [0.2, 0.25) is 0 Å². The number of amides is 1. The molecular weight excluding hydrogens is 264 g/mol. The lowest BCUT2D eigenvalue weighted by Crippen LogP contribution is -2.34. The number of nitrogens with two attached hydrogens (primary N) is 1. The Balaban J connectivity index is 1.85. The van der Waals surface area contributed by atoms with E-state index >= 15 is 0 Å². The molecule has 2 aromatic rings. The molecule has 1 heterocycles. The largest absolute Gasteiger partial charge is 0.369 e. The monoisotopic (exact) mass is 280 g/mol. The molecule has 1 aliphatic carbocycles. The number of rotatable bonds is 3. The van der Waals surface area contributed by atoms with Crippen molar-refractivity contribution in [3.05, 3.63) is 35.9 Å². The summed E-state index contributed by atoms with van der Waals surface area (Å²) in [5, 5.41) is 13.1. The van der Waals surface area contributed by atoms with Crippen LogP contribution in [0, 0.1) is 17.2 Å². The van der Waals surface area contributed by atoms with Gasteiger partial charge in [0.25, 0.3) is 0 Å². The van der Waals surface area contributed by atoms with E-state index in [-0.39, 0.29) is 17.9 Å². The number of nitriles is 1. The fraction of sp³-hybridized carbons (Fsp3) is 0.312. The minimum Gasteiger partial charge on any atom is -0.369 e. The molecule has 0 radical (unpaired) electrons. The second-order valence-electron chi connectivity index (χ2n) is 5.41. The summed E-state index contributed by atoms with van der Waals surface area (Å²) in [5.41, 5.74) is 6.88. The van der Waals surface area contributed by atoms with Gasteiger partial charge in [-0.2, -0.15) is 5.26 Å². The number of nitrogens with zero attached hydrogens (tertiary/aromatic N) is 2. The second kappa shape index (κ2) is 5.41. The summed E-state index contributed by atoms with van der Waals surface area (Å²) in [6, 6.07) is 11.4. The van der Waals surface area contributed by atoms with E-state index in [0.29, 0.717) is 5.56 Å². The minimum atomic E-state index is -0.246. The summed E-state index contributed by atoms with van der Waals surface area (Å²) < 4.78 is 0. The van der Waals surface area contributed by atoms with Gasteiger partial charge in [0.2, 0.25) is 5.91 Å². The molecule has 1 amide bonds. The molecule has 1 aliphatic rings. The second-order valence-corrected chi connectivity index (χ2v) is 5.41. The highest BCUT2D eigenvalue weighted by atomic mass is 16.1. The van der Waals surface area contributed by atoms with E-state index in [0.717, 1.165) is 36.0 Å². The highest BCUT2D eigenvalue weighted by molar-refractivity contribution is 5.82. The molecule has 0 saturated heterocycles. The third-order valence-corrected chi connectivity index (χ3v) is 4.03. The zero-order valence-corrected chi connectivity index (χ0v) is 11.5. The molecule has 2 unspecified atom stereocenters. The summed E-state index contributed by atoms with van der Waals surface area (Å²) in [7, 11) is 0. The standard InChI is InChI=1S/C16H16N4O/c17-9-10-4-6-13-11(8-10)5-7-15(19-13)20-14-3-1-2-12(14)16(18)21/h4-8,12,14H,1-3H2,(H2,18,21)(H,19,20). The van der Waals surface area contributed by atoms with Crippen molar-refractivity contribution in [1.29, 1.82) is 5.26 Å². The lowest BCUT2D eigenvalue weighted by molar-refractivity contribution is -0.121. The van der Waals surface area contributed by atoms with Crippen LogP contribution in [0.1, 0.15) is 24.8 Å². The first-order valence-corrected chi connectivity index (χ1v) is 7.04. The molecule has 1 saturated carbocycles. The topological polar surface area (TPSA) is 91.8 Å². The molecule has 1 fully saturated rings. The third-order valence-electron chi connectivity index (χ3n) is 4.03. The van der Waals surface area contributed by atoms with Gasteiger partial charge >= 0.3 is 0 Å². The van der Waals surface area contributed by atoms with Gasteiger partial charge in [-0.25, -0.2) is 4.98 Å². The van der Waals surface area contributed by atoms with Crippen molar-refractivity contribution in [2.24, 2.45) is 11.7 Å². The highest BCUT2D eigenvalue weighted by Gasteiger charge is 2.31. The maximum Gasteiger partial charge on any atom is 0.222 e. The Bertz CT molecular complexity index is 735. The number of primary amides is 1. The van der Waals surface area contributed by atoms with Gasteiger partial charge in [0.15, 0.2) is 0 Å². The maximum atomic E-state index is 11.4. The Morgan fingerprint density at radius 2 is 2.19 bits per heavy atom. The maximum absolute atomic E-state index is 11.4. The van der Waals surface area contributed by atoms with E-state index in [1.807, 2.05) is 24.3 Å². The molecule has 1 aromatic carbocycles. The van der Waals surface area contributed by atoms with Crippen molar-refractivity contribution in [3.8, 4) is 6.07 Å². The van der Waals surface area contributed by atoms with E-state index in [9.17, 15) is 4.79 Å². The number of hydrogen-bond donors (Lipinski definition) is 2. The van der Waals surface area contributed by atoms with Crippen molar-refractivity contribution >= 4 is 22.6 Å². The van der Waals surface area contributed by atoms with Crippen LogP contribution in [-0.4, -0.2) is 16.9 Å². The summed E-state index contributed by atoms with van der Waals surface area (Å²) in [4.78, 5) is 16.0. The van der Waals surface area contributed by atoms with Crippen LogP contribution in [-0.2, 0) is 4.79 Å². The van der Waals surface area contributed by atoms with Gasteiger partial charge in [0, 0.05) is 11.4 Å². The number of benzene rings is 1. The van der Waals surface area contributed by atoms with Gasteiger partial charge in [-0.3, -0.25) is 4.79 Å². The first-order valence-electron chi connectivity index (χ1n) is 7.04. The van der Waals surface area contributed by atoms with E-state index in [4.69, 9.17) is 11.0 Å². The van der Waals surface area contributed by atoms with Gasteiger partial charge in [-0.05, 0) is 43.2 Å². The Hall–Kier alpha value is -2.61. The number of aromatic nitrogens is 1. The van der Waals surface area contributed by atoms with Crippen LogP contribution < -0.4 is 11.1 Å². The van der Waals surface area contributed by atoms with Crippen molar-refractivity contribution < 1.29 is 4.79 Å². The van der Waals surface area contributed by atoms with E-state index in [1.165, 1.54) is 0 Å². The number of anilines is 1. The number of carbonyl (C=O) groups excluding carboxylic acids is 1. The molecule has 3 rings (SSSR count). The van der Waals surface area contributed by atoms with Crippen LogP contribution >= 0.6 is 0 Å². The molecule has 0 aliphatic heterocycles. The summed E-state index contributed by atoms with van der Waals surface area (Å²) >= 11 is 0. The van der Waals surface area contributed by atoms with Gasteiger partial charge in [0.05, 0.1) is 23.1 Å². The fourth-order valence-corrected chi connectivity index (χ4v) is 2.94. The molecule has 106 valence electrons. The Labute approximate surface area is 122 Å². The normalized spacial score (nSPS) is 21.1. The molecule has 21 heavy (non-hydrogen) atoms. The predicted octanol–water partition coefficient (Wildman–Crippen LogP) is 2.17. The average molecular weight is 280 g/mol. The summed E-state index contributed by atoms with van der Waals surface area (Å²) in [5.74, 6) is 0.373. The minimum absolute atomic E-state index is 0.0610. The molecule has 2 atom stereocenters. The van der Waals surface area contributed by atoms with Crippen molar-refractivity contribution in [3.63, 3.8) is 0 Å². The molecule has 0 spiro atoms. The van der Waals surface area contributed by atoms with Crippen LogP contribution in [0.3, 0.4) is 0 Å². The van der Waals surface area contributed by atoms with Crippen molar-refractivity contribution in [1.82, 2.24) is 4.98 Å². The molecule has 5 nitrogen and oxygen atoms in total. The zero-order valence-electron chi connectivity index (χ0n) is 11.5. The number of carbonyl (C=O) groups is 1. The van der Waals surface area contributed by atoms with Crippen molar-refractivity contribution in [2.45, 2.75) is 25.3 Å². The Morgan fingerprint density at radius 1 is 1.33 bits per heavy atom. The zero-order chi connectivity index (χ0) is 14.8. The first-order chi connectivity index (χ1) is 10.2. The van der Waals surface area contributed by atoms with E-state index < -0.39 is 0 Å². The van der Waals surface area contributed by atoms with Crippen LogP contribution in [0.4, 0.5) is 5.82 Å². The number of hydrogen-bond acceptors (Lipinski definition) is 4. The number of fused-ring (bicyclic) bond motifs is 1. The third kappa shape index (κ3) is 2.65. The lowest BCUT2D eigenvalue weighted by atomic mass is 10.0. The number of pyridine rings is 1. The summed E-state index contributed by atoms with van der Waals surface area (Å²) in [6.45, 7) is 0. The van der Waals surface area contributed by atoms with Gasteiger partial charge in [-0.1, -0.05) is 6.42 Å². The molecule has 1 aromatic heterocycles. The van der Waals surface area contributed by atoms with Crippen LogP contribution in [0.25, 0.3) is 10.9 Å². The van der Waals surface area contributed by atoms with Gasteiger partial charge < -0.3 is 11.1 Å². The SMILES string of the molecule is N#Cc1ccc2nc(NC3CCCC3C(N)=O)ccc2c1. The van der Waals surface area contributed by atoms with E-state index in [2.05, 4.69) is 16.4 Å². The lowest BCUT2D eigenvalue weighted by Gasteiger charge is -2.19. The molecular formula is C16H16N4O. The molecule has 3 N–H and O–H groups in total. The summed E-state index contributed by atoms with van der Waals surface area (Å²) in [6.07, 6.45) is 2.77. The number of nitrogens with one attached hydrogen (secondary N) is 1. The van der Waals surface area contributed by atoms with Crippen molar-refractivity contribution in [2.75, 3.05) is 5.32 Å². The molecule has 0 bridgehead atoms. The Kier molecular flexibility index (Phi) is 3.44. The molecule has 5 heteroatoms. The van der Waals surface area contributed by atoms with Crippen LogP contribution in [0.15, 0.2) is 30.3 Å². The smallest absolute Gasteiger partial charge is 0.222 e. The predicted molar refractivity (Wildman–Crippen MR) is 80.4 cm³/mol. The van der Waals surface area contributed by atoms with E-state index in [1.54, 1.807) is 6.07 Å². The van der Waals surface area contributed by atoms with Gasteiger partial charge in [0.1, 0.15) is 5.82 Å². The quantitative estimate of drug-likeness (QED) is 0.901. The van der Waals surface area contributed by atoms with Gasteiger partial charge in [-0.15, -0.1) is 0 Å². The van der Waals surface area contributed by atoms with Crippen LogP contribution in [0.5, 0.6) is 0 Å². The Morgan fingerprint density at radius 3 is 2.95 bits per heavy atom. The first kappa shape index (κ1) is 13.4. The fourth-order valence-electron chi connectivity index (χ4n) is 2.94.